The molecule has 31 heavy (non-hydrogen) atoms. The largest absolute Gasteiger partial charge is 0.343 e. The minimum atomic E-state index is -3.70. The van der Waals surface area contributed by atoms with Crippen LogP contribution in [0.25, 0.3) is 0 Å². The first-order valence-electron chi connectivity index (χ1n) is 10.4. The number of hydrogen-bond acceptors (Lipinski definition) is 6. The number of likely N-dealkylation sites (tertiary alicyclic amines) is 1. The molecule has 1 aromatic carbocycles. The van der Waals surface area contributed by atoms with Crippen molar-refractivity contribution in [2.24, 2.45) is 4.40 Å². The first-order valence-corrected chi connectivity index (χ1v) is 13.0. The standard InChI is InChI=1S/C21H23ClN4O3S2/c22-19-8-7-15(30-19)14-24-10-12-25(13-11-24)21(27)17-5-3-9-26(17)20-16-4-1-2-6-18(16)31(28,29)23-20/h1-2,4,6-8,17H,3,5,9-14H2/t17-/m0/s1. The average Bonchev–Trinajstić information content (AvgIpc) is 3.46. The lowest BCUT2D eigenvalue weighted by Gasteiger charge is -2.37. The van der Waals surface area contributed by atoms with Crippen LogP contribution in [0.2, 0.25) is 4.34 Å². The van der Waals surface area contributed by atoms with Crippen LogP contribution in [0.1, 0.15) is 23.3 Å². The van der Waals surface area contributed by atoms with Crippen LogP contribution in [0, 0.1) is 0 Å². The molecule has 0 N–H and O–H groups in total. The third kappa shape index (κ3) is 4.00. The molecule has 10 heteroatoms. The molecule has 4 heterocycles. The third-order valence-corrected chi connectivity index (χ3v) is 8.66. The van der Waals surface area contributed by atoms with Crippen molar-refractivity contribution < 1.29 is 13.2 Å². The van der Waals surface area contributed by atoms with Gasteiger partial charge in [-0.2, -0.15) is 8.42 Å². The molecule has 1 amide bonds. The van der Waals surface area contributed by atoms with Crippen LogP contribution in [-0.2, 0) is 21.4 Å². The Morgan fingerprint density at radius 1 is 1.10 bits per heavy atom. The molecular weight excluding hydrogens is 456 g/mol. The van der Waals surface area contributed by atoms with E-state index in [1.807, 2.05) is 21.9 Å². The van der Waals surface area contributed by atoms with E-state index in [0.717, 1.165) is 30.4 Å². The van der Waals surface area contributed by atoms with Gasteiger partial charge in [0, 0.05) is 49.7 Å². The van der Waals surface area contributed by atoms with E-state index in [1.54, 1.807) is 29.5 Å². The van der Waals surface area contributed by atoms with Gasteiger partial charge in [-0.05, 0) is 37.1 Å². The highest BCUT2D eigenvalue weighted by molar-refractivity contribution is 7.90. The van der Waals surface area contributed by atoms with Crippen molar-refractivity contribution in [1.29, 1.82) is 0 Å². The van der Waals surface area contributed by atoms with Crippen LogP contribution >= 0.6 is 22.9 Å². The lowest BCUT2D eigenvalue weighted by Crippen LogP contribution is -2.54. The van der Waals surface area contributed by atoms with Crippen molar-refractivity contribution >= 4 is 44.7 Å². The quantitative estimate of drug-likeness (QED) is 0.678. The average molecular weight is 479 g/mol. The van der Waals surface area contributed by atoms with E-state index in [2.05, 4.69) is 15.4 Å². The number of fused-ring (bicyclic) bond motifs is 1. The van der Waals surface area contributed by atoms with Crippen molar-refractivity contribution in [2.75, 3.05) is 32.7 Å². The Balaban J connectivity index is 1.27. The van der Waals surface area contributed by atoms with E-state index in [-0.39, 0.29) is 16.8 Å². The highest BCUT2D eigenvalue weighted by Gasteiger charge is 2.41. The zero-order valence-corrected chi connectivity index (χ0v) is 19.3. The Kier molecular flexibility index (Phi) is 5.54. The fourth-order valence-electron chi connectivity index (χ4n) is 4.57. The van der Waals surface area contributed by atoms with Crippen molar-refractivity contribution in [1.82, 2.24) is 14.7 Å². The van der Waals surface area contributed by atoms with Gasteiger partial charge in [0.05, 0.1) is 4.34 Å². The van der Waals surface area contributed by atoms with Crippen LogP contribution in [0.5, 0.6) is 0 Å². The first-order chi connectivity index (χ1) is 14.9. The first kappa shape index (κ1) is 20.9. The van der Waals surface area contributed by atoms with Gasteiger partial charge in [0.1, 0.15) is 10.9 Å². The topological polar surface area (TPSA) is 73.3 Å². The van der Waals surface area contributed by atoms with Gasteiger partial charge in [-0.15, -0.1) is 15.7 Å². The highest BCUT2D eigenvalue weighted by atomic mass is 35.5. The van der Waals surface area contributed by atoms with Crippen LogP contribution in [0.3, 0.4) is 0 Å². The number of thiophene rings is 1. The summed E-state index contributed by atoms with van der Waals surface area (Å²) < 4.78 is 29.8. The molecule has 1 aromatic heterocycles. The number of piperazine rings is 1. The SMILES string of the molecule is O=C([C@@H]1CCCN1C1=NS(=O)(=O)c2ccccc21)N1CCN(Cc2ccc(Cl)s2)CC1. The Morgan fingerprint density at radius 3 is 2.61 bits per heavy atom. The maximum Gasteiger partial charge on any atom is 0.285 e. The molecule has 2 aromatic rings. The van der Waals surface area contributed by atoms with E-state index in [9.17, 15) is 13.2 Å². The molecule has 0 radical (unpaired) electrons. The molecule has 0 unspecified atom stereocenters. The normalized spacial score (nSPS) is 23.1. The molecule has 3 aliphatic rings. The molecule has 3 aliphatic heterocycles. The fourth-order valence-corrected chi connectivity index (χ4v) is 6.91. The number of rotatable bonds is 3. The van der Waals surface area contributed by atoms with Crippen LogP contribution in [0.4, 0.5) is 0 Å². The summed E-state index contributed by atoms with van der Waals surface area (Å²) in [6.45, 7) is 4.45. The van der Waals surface area contributed by atoms with Crippen molar-refractivity contribution in [3.05, 3.63) is 51.2 Å². The maximum atomic E-state index is 13.4. The molecule has 0 bridgehead atoms. The van der Waals surface area contributed by atoms with Crippen LogP contribution in [-0.4, -0.2) is 73.6 Å². The summed E-state index contributed by atoms with van der Waals surface area (Å²) >= 11 is 7.62. The Labute approximate surface area is 191 Å². The predicted octanol–water partition coefficient (Wildman–Crippen LogP) is 2.66. The smallest absolute Gasteiger partial charge is 0.285 e. The van der Waals surface area contributed by atoms with Crippen LogP contribution in [0.15, 0.2) is 45.7 Å². The highest BCUT2D eigenvalue weighted by Crippen LogP contribution is 2.32. The van der Waals surface area contributed by atoms with Crippen molar-refractivity contribution in [3.8, 4) is 0 Å². The predicted molar refractivity (Wildman–Crippen MR) is 121 cm³/mol. The molecule has 2 fully saturated rings. The minimum Gasteiger partial charge on any atom is -0.343 e. The Morgan fingerprint density at radius 2 is 1.87 bits per heavy atom. The molecule has 5 rings (SSSR count). The van der Waals surface area contributed by atoms with Gasteiger partial charge in [-0.1, -0.05) is 23.7 Å². The number of nitrogens with zero attached hydrogens (tertiary/aromatic N) is 4. The summed E-state index contributed by atoms with van der Waals surface area (Å²) in [5, 5.41) is 0. The third-order valence-electron chi connectivity index (χ3n) is 6.11. The molecule has 164 valence electrons. The van der Waals surface area contributed by atoms with E-state index in [1.165, 1.54) is 4.88 Å². The second kappa shape index (κ2) is 8.20. The van der Waals surface area contributed by atoms with E-state index >= 15 is 0 Å². The maximum absolute atomic E-state index is 13.4. The van der Waals surface area contributed by atoms with E-state index < -0.39 is 10.0 Å². The number of hydrogen-bond donors (Lipinski definition) is 0. The monoisotopic (exact) mass is 478 g/mol. The van der Waals surface area contributed by atoms with Gasteiger partial charge in [0.15, 0.2) is 5.84 Å². The molecule has 1 atom stereocenters. The van der Waals surface area contributed by atoms with Crippen molar-refractivity contribution in [2.45, 2.75) is 30.3 Å². The summed E-state index contributed by atoms with van der Waals surface area (Å²) in [5.41, 5.74) is 0.599. The summed E-state index contributed by atoms with van der Waals surface area (Å²) in [6, 6.07) is 10.5. The second-order valence-corrected chi connectivity index (χ2v) is 11.4. The van der Waals surface area contributed by atoms with Gasteiger partial charge in [-0.3, -0.25) is 9.69 Å². The molecule has 7 nitrogen and oxygen atoms in total. The summed E-state index contributed by atoms with van der Waals surface area (Å²) in [7, 11) is -3.70. The lowest BCUT2D eigenvalue weighted by molar-refractivity contribution is -0.136. The molecular formula is C21H23ClN4O3S2. The van der Waals surface area contributed by atoms with E-state index in [0.29, 0.717) is 37.5 Å². The zero-order chi connectivity index (χ0) is 21.6. The number of carbonyl (C=O) groups excluding carboxylic acids is 1. The number of amidine groups is 1. The number of amides is 1. The summed E-state index contributed by atoms with van der Waals surface area (Å²) in [5.74, 6) is 0.487. The zero-order valence-electron chi connectivity index (χ0n) is 16.9. The fraction of sp³-hybridized carbons (Fsp3) is 0.429. The van der Waals surface area contributed by atoms with E-state index in [4.69, 9.17) is 11.6 Å². The van der Waals surface area contributed by atoms with Gasteiger partial charge in [-0.25, -0.2) is 0 Å². The number of halogens is 1. The molecule has 0 spiro atoms. The number of benzene rings is 1. The van der Waals surface area contributed by atoms with Gasteiger partial charge < -0.3 is 9.80 Å². The molecule has 0 saturated carbocycles. The van der Waals surface area contributed by atoms with Gasteiger partial charge >= 0.3 is 0 Å². The Hall–Kier alpha value is -1.94. The number of carbonyl (C=O) groups is 1. The van der Waals surface area contributed by atoms with Crippen LogP contribution < -0.4 is 0 Å². The molecule has 0 aliphatic carbocycles. The van der Waals surface area contributed by atoms with Crippen molar-refractivity contribution in [3.63, 3.8) is 0 Å². The van der Waals surface area contributed by atoms with Gasteiger partial charge in [0.2, 0.25) is 5.91 Å². The summed E-state index contributed by atoms with van der Waals surface area (Å²) in [6.07, 6.45) is 1.56. The Bertz CT molecular complexity index is 1140. The van der Waals surface area contributed by atoms with Gasteiger partial charge in [0.25, 0.3) is 10.0 Å². The minimum absolute atomic E-state index is 0.0702. The number of sulfonamides is 1. The summed E-state index contributed by atoms with van der Waals surface area (Å²) in [4.78, 5) is 21.0. The second-order valence-electron chi connectivity index (χ2n) is 8.04. The lowest BCUT2D eigenvalue weighted by atomic mass is 10.1. The molecule has 2 saturated heterocycles.